The maximum atomic E-state index is 12.6. The number of nitrogens with one attached hydrogen (secondary N) is 1. The predicted octanol–water partition coefficient (Wildman–Crippen LogP) is 2.92. The lowest BCUT2D eigenvalue weighted by Gasteiger charge is -2.26. The molecule has 27 heavy (non-hydrogen) atoms. The van der Waals surface area contributed by atoms with Crippen molar-refractivity contribution in [2.45, 2.75) is 32.7 Å². The van der Waals surface area contributed by atoms with Gasteiger partial charge in [-0.05, 0) is 17.7 Å². The molecule has 0 bridgehead atoms. The van der Waals surface area contributed by atoms with E-state index in [2.05, 4.69) is 36.0 Å². The topological polar surface area (TPSA) is 79.4 Å². The summed E-state index contributed by atoms with van der Waals surface area (Å²) < 4.78 is 23.1. The molecule has 2 heterocycles. The Bertz CT molecular complexity index is 916. The van der Waals surface area contributed by atoms with Gasteiger partial charge in [0.15, 0.2) is 15.0 Å². The summed E-state index contributed by atoms with van der Waals surface area (Å²) in [5.41, 5.74) is 2.47. The molecule has 0 atom stereocenters. The number of nitrogens with zero attached hydrogens (tertiary/aromatic N) is 2. The largest absolute Gasteiger partial charge is 0.298 e. The average Bonchev–Trinajstić information content (AvgIpc) is 3.06. The zero-order chi connectivity index (χ0) is 19.7. The van der Waals surface area contributed by atoms with Crippen LogP contribution in [0.5, 0.6) is 0 Å². The van der Waals surface area contributed by atoms with Crippen LogP contribution in [0.4, 0.5) is 5.13 Å². The van der Waals surface area contributed by atoms with Crippen molar-refractivity contribution in [3.05, 3.63) is 46.5 Å². The number of hydrogen-bond acceptors (Lipinski definition) is 6. The van der Waals surface area contributed by atoms with Crippen molar-refractivity contribution in [2.24, 2.45) is 0 Å². The molecular weight excluding hydrogens is 382 g/mol. The van der Waals surface area contributed by atoms with Gasteiger partial charge in [-0.2, -0.15) is 0 Å². The number of aromatic nitrogens is 1. The van der Waals surface area contributed by atoms with Gasteiger partial charge < -0.3 is 0 Å². The second-order valence-corrected chi connectivity index (χ2v) is 11.0. The number of benzene rings is 1. The first kappa shape index (κ1) is 20.0. The third-order valence-corrected chi connectivity index (χ3v) is 6.89. The highest BCUT2D eigenvalue weighted by molar-refractivity contribution is 7.91. The Balaban J connectivity index is 1.64. The van der Waals surface area contributed by atoms with Gasteiger partial charge >= 0.3 is 0 Å². The fourth-order valence-electron chi connectivity index (χ4n) is 2.82. The molecular formula is C19H25N3O3S2. The van der Waals surface area contributed by atoms with Crippen molar-refractivity contribution in [1.82, 2.24) is 9.88 Å². The average molecular weight is 408 g/mol. The summed E-state index contributed by atoms with van der Waals surface area (Å²) in [6.07, 6.45) is 0. The third-order valence-electron chi connectivity index (χ3n) is 4.53. The minimum absolute atomic E-state index is 0.0542. The Morgan fingerprint density at radius 1 is 1.26 bits per heavy atom. The van der Waals surface area contributed by atoms with Crippen molar-refractivity contribution < 1.29 is 13.2 Å². The number of sulfone groups is 1. The highest BCUT2D eigenvalue weighted by Crippen LogP contribution is 2.26. The lowest BCUT2D eigenvalue weighted by molar-refractivity contribution is 0.102. The van der Waals surface area contributed by atoms with E-state index in [0.29, 0.717) is 30.3 Å². The van der Waals surface area contributed by atoms with Gasteiger partial charge in [-0.1, -0.05) is 32.9 Å². The fraction of sp³-hybridized carbons (Fsp3) is 0.474. The lowest BCUT2D eigenvalue weighted by Crippen LogP contribution is -2.39. The molecule has 146 valence electrons. The molecule has 1 fully saturated rings. The van der Waals surface area contributed by atoms with Gasteiger partial charge in [0.05, 0.1) is 17.2 Å². The molecule has 0 spiro atoms. The van der Waals surface area contributed by atoms with Crippen molar-refractivity contribution >= 4 is 32.2 Å². The summed E-state index contributed by atoms with van der Waals surface area (Å²) in [4.78, 5) is 19.2. The standard InChI is InChI=1S/C19H25N3O3S2/c1-19(2,3)16-13-26-18(20-16)21-17(23)15-6-4-5-14(11-15)12-22-7-9-27(24,25)10-8-22/h4-6,11,13H,7-10,12H2,1-3H3,(H,20,21,23). The van der Waals surface area contributed by atoms with Crippen LogP contribution in [0.3, 0.4) is 0 Å². The first-order valence-electron chi connectivity index (χ1n) is 8.91. The third kappa shape index (κ3) is 5.37. The minimum atomic E-state index is -2.88. The van der Waals surface area contributed by atoms with Crippen LogP contribution >= 0.6 is 11.3 Å². The number of carbonyl (C=O) groups excluding carboxylic acids is 1. The Morgan fingerprint density at radius 2 is 1.96 bits per heavy atom. The van der Waals surface area contributed by atoms with Crippen molar-refractivity contribution in [1.29, 1.82) is 0 Å². The van der Waals surface area contributed by atoms with E-state index in [9.17, 15) is 13.2 Å². The number of carbonyl (C=O) groups is 1. The van der Waals surface area contributed by atoms with E-state index in [4.69, 9.17) is 0 Å². The van der Waals surface area contributed by atoms with Crippen molar-refractivity contribution in [3.8, 4) is 0 Å². The number of thiazole rings is 1. The summed E-state index contributed by atoms with van der Waals surface area (Å²) in [7, 11) is -2.88. The van der Waals surface area contributed by atoms with Crippen LogP contribution in [0.15, 0.2) is 29.6 Å². The Labute approximate surface area is 164 Å². The SMILES string of the molecule is CC(C)(C)c1csc(NC(=O)c2cccc(CN3CCS(=O)(=O)CC3)c2)n1. The molecule has 0 unspecified atom stereocenters. The van der Waals surface area contributed by atoms with E-state index in [-0.39, 0.29) is 22.8 Å². The van der Waals surface area contributed by atoms with Gasteiger partial charge in [-0.25, -0.2) is 13.4 Å². The van der Waals surface area contributed by atoms with E-state index in [1.165, 1.54) is 11.3 Å². The monoisotopic (exact) mass is 407 g/mol. The first-order chi connectivity index (χ1) is 12.6. The van der Waals surface area contributed by atoms with Gasteiger partial charge in [0.1, 0.15) is 0 Å². The van der Waals surface area contributed by atoms with Gasteiger partial charge in [0.25, 0.3) is 5.91 Å². The maximum absolute atomic E-state index is 12.6. The summed E-state index contributed by atoms with van der Waals surface area (Å²) in [5, 5.41) is 5.43. The van der Waals surface area contributed by atoms with Gasteiger partial charge in [0, 0.05) is 36.0 Å². The molecule has 6 nitrogen and oxygen atoms in total. The molecule has 1 N–H and O–H groups in total. The highest BCUT2D eigenvalue weighted by Gasteiger charge is 2.22. The Morgan fingerprint density at radius 3 is 2.59 bits per heavy atom. The Hall–Kier alpha value is -1.77. The molecule has 1 aliphatic rings. The Kier molecular flexibility index (Phi) is 5.69. The molecule has 0 saturated carbocycles. The highest BCUT2D eigenvalue weighted by atomic mass is 32.2. The zero-order valence-corrected chi connectivity index (χ0v) is 17.5. The minimum Gasteiger partial charge on any atom is -0.298 e. The number of hydrogen-bond donors (Lipinski definition) is 1. The smallest absolute Gasteiger partial charge is 0.257 e. The molecule has 1 aromatic carbocycles. The van der Waals surface area contributed by atoms with E-state index in [1.807, 2.05) is 23.6 Å². The number of anilines is 1. The summed E-state index contributed by atoms with van der Waals surface area (Å²) in [6, 6.07) is 7.45. The van der Waals surface area contributed by atoms with E-state index in [1.54, 1.807) is 6.07 Å². The van der Waals surface area contributed by atoms with Crippen LogP contribution in [-0.2, 0) is 21.8 Å². The molecule has 2 aromatic rings. The van der Waals surface area contributed by atoms with Gasteiger partial charge in [-0.3, -0.25) is 15.0 Å². The van der Waals surface area contributed by atoms with Crippen LogP contribution in [0.2, 0.25) is 0 Å². The molecule has 0 aliphatic carbocycles. The van der Waals surface area contributed by atoms with Crippen molar-refractivity contribution in [3.63, 3.8) is 0 Å². The normalized spacial score (nSPS) is 17.6. The van der Waals surface area contributed by atoms with Crippen LogP contribution in [0, 0.1) is 0 Å². The lowest BCUT2D eigenvalue weighted by atomic mass is 9.93. The summed E-state index contributed by atoms with van der Waals surface area (Å²) in [5.74, 6) is 0.216. The maximum Gasteiger partial charge on any atom is 0.257 e. The molecule has 1 saturated heterocycles. The van der Waals surface area contributed by atoms with Crippen LogP contribution in [0.25, 0.3) is 0 Å². The van der Waals surface area contributed by atoms with Crippen molar-refractivity contribution in [2.75, 3.05) is 29.9 Å². The molecule has 1 aliphatic heterocycles. The molecule has 3 rings (SSSR count). The second kappa shape index (κ2) is 7.69. The number of amides is 1. The summed E-state index contributed by atoms with van der Waals surface area (Å²) in [6.45, 7) is 7.97. The predicted molar refractivity (Wildman–Crippen MR) is 109 cm³/mol. The van der Waals surface area contributed by atoms with Crippen LogP contribution < -0.4 is 5.32 Å². The van der Waals surface area contributed by atoms with E-state index in [0.717, 1.165) is 11.3 Å². The zero-order valence-electron chi connectivity index (χ0n) is 15.9. The molecule has 0 radical (unpaired) electrons. The van der Waals surface area contributed by atoms with Crippen LogP contribution in [0.1, 0.15) is 42.4 Å². The van der Waals surface area contributed by atoms with Gasteiger partial charge in [0.2, 0.25) is 0 Å². The van der Waals surface area contributed by atoms with Gasteiger partial charge in [-0.15, -0.1) is 11.3 Å². The quantitative estimate of drug-likeness (QED) is 0.843. The van der Waals surface area contributed by atoms with E-state index >= 15 is 0 Å². The van der Waals surface area contributed by atoms with E-state index < -0.39 is 9.84 Å². The number of rotatable bonds is 4. The molecule has 1 aromatic heterocycles. The molecule has 8 heteroatoms. The first-order valence-corrected chi connectivity index (χ1v) is 11.6. The molecule has 1 amide bonds. The summed E-state index contributed by atoms with van der Waals surface area (Å²) >= 11 is 1.42. The fourth-order valence-corrected chi connectivity index (χ4v) is 5.03. The van der Waals surface area contributed by atoms with Crippen LogP contribution in [-0.4, -0.2) is 48.8 Å². The second-order valence-electron chi connectivity index (χ2n) is 7.87.